The Morgan fingerprint density at radius 2 is 1.97 bits per heavy atom. The molecule has 1 aliphatic heterocycles. The molecule has 1 fully saturated rings. The second kappa shape index (κ2) is 8.45. The van der Waals surface area contributed by atoms with Crippen LogP contribution in [-0.4, -0.2) is 40.1 Å². The first kappa shape index (κ1) is 21.2. The maximum absolute atomic E-state index is 12.8. The summed E-state index contributed by atoms with van der Waals surface area (Å²) in [5.74, 6) is 0. The molecule has 0 spiro atoms. The van der Waals surface area contributed by atoms with E-state index in [1.807, 2.05) is 45.9 Å². The number of nitrogens with one attached hydrogen (secondary N) is 1. The van der Waals surface area contributed by atoms with Crippen molar-refractivity contribution in [2.24, 2.45) is 0 Å². The average Bonchev–Trinajstić information content (AvgIpc) is 2.64. The van der Waals surface area contributed by atoms with Gasteiger partial charge in [0.2, 0.25) is 0 Å². The molecule has 1 N–H and O–H groups in total. The van der Waals surface area contributed by atoms with Crippen LogP contribution in [-0.2, 0) is 4.74 Å². The standard InChI is InChI=1S/C21H27ClN4O3/c1-14-12-15(24-20(28)29-21(2,3)4)10-11-25(14)17-13-23-26(19(27)18(17)22)16-8-6-5-7-9-16/h5-9,13-15H,10-12H2,1-4H3,(H,24,28). The van der Waals surface area contributed by atoms with E-state index in [0.717, 1.165) is 12.8 Å². The summed E-state index contributed by atoms with van der Waals surface area (Å²) in [4.78, 5) is 26.9. The number of anilines is 1. The Hall–Kier alpha value is -2.54. The molecule has 0 saturated carbocycles. The van der Waals surface area contributed by atoms with Crippen molar-refractivity contribution in [2.45, 2.75) is 58.2 Å². The number of benzene rings is 1. The third kappa shape index (κ3) is 5.09. The summed E-state index contributed by atoms with van der Waals surface area (Å²) in [6, 6.07) is 9.26. The van der Waals surface area contributed by atoms with E-state index in [1.165, 1.54) is 4.68 Å². The topological polar surface area (TPSA) is 76.5 Å². The van der Waals surface area contributed by atoms with E-state index in [-0.39, 0.29) is 22.7 Å². The van der Waals surface area contributed by atoms with Crippen LogP contribution in [0.25, 0.3) is 5.69 Å². The molecule has 0 bridgehead atoms. The highest BCUT2D eigenvalue weighted by molar-refractivity contribution is 6.33. The number of carbonyl (C=O) groups is 1. The number of nitrogens with zero attached hydrogens (tertiary/aromatic N) is 3. The van der Waals surface area contributed by atoms with Crippen LogP contribution in [0.3, 0.4) is 0 Å². The van der Waals surface area contributed by atoms with Gasteiger partial charge in [0.25, 0.3) is 5.56 Å². The van der Waals surface area contributed by atoms with Gasteiger partial charge in [-0.1, -0.05) is 29.8 Å². The Bertz CT molecular complexity index is 924. The van der Waals surface area contributed by atoms with Crippen LogP contribution in [0.4, 0.5) is 10.5 Å². The summed E-state index contributed by atoms with van der Waals surface area (Å²) in [7, 11) is 0. The highest BCUT2D eigenvalue weighted by atomic mass is 35.5. The molecule has 1 amide bonds. The fourth-order valence-electron chi connectivity index (χ4n) is 3.51. The van der Waals surface area contributed by atoms with E-state index in [0.29, 0.717) is 17.9 Å². The summed E-state index contributed by atoms with van der Waals surface area (Å²) in [5, 5.41) is 7.39. The smallest absolute Gasteiger partial charge is 0.407 e. The van der Waals surface area contributed by atoms with Gasteiger partial charge < -0.3 is 15.0 Å². The van der Waals surface area contributed by atoms with Crippen LogP contribution in [0, 0.1) is 0 Å². The zero-order valence-electron chi connectivity index (χ0n) is 17.2. The first-order valence-electron chi connectivity index (χ1n) is 9.75. The van der Waals surface area contributed by atoms with Crippen LogP contribution in [0.15, 0.2) is 41.3 Å². The van der Waals surface area contributed by atoms with Crippen LogP contribution in [0.1, 0.15) is 40.5 Å². The first-order chi connectivity index (χ1) is 13.7. The molecule has 7 nitrogen and oxygen atoms in total. The zero-order valence-corrected chi connectivity index (χ0v) is 17.9. The quantitative estimate of drug-likeness (QED) is 0.821. The van der Waals surface area contributed by atoms with Gasteiger partial charge in [0.1, 0.15) is 10.6 Å². The maximum Gasteiger partial charge on any atom is 0.407 e. The predicted octanol–water partition coefficient (Wildman–Crippen LogP) is 3.77. The van der Waals surface area contributed by atoms with Crippen molar-refractivity contribution >= 4 is 23.4 Å². The van der Waals surface area contributed by atoms with E-state index < -0.39 is 11.7 Å². The number of hydrogen-bond acceptors (Lipinski definition) is 5. The largest absolute Gasteiger partial charge is 0.444 e. The third-order valence-electron chi connectivity index (χ3n) is 4.81. The van der Waals surface area contributed by atoms with Crippen molar-refractivity contribution in [3.8, 4) is 5.69 Å². The van der Waals surface area contributed by atoms with Gasteiger partial charge in [0.05, 0.1) is 17.6 Å². The number of alkyl carbamates (subject to hydrolysis) is 1. The minimum Gasteiger partial charge on any atom is -0.444 e. The van der Waals surface area contributed by atoms with Gasteiger partial charge in [-0.05, 0) is 52.7 Å². The fourth-order valence-corrected chi connectivity index (χ4v) is 3.75. The lowest BCUT2D eigenvalue weighted by Crippen LogP contribution is -2.50. The SMILES string of the molecule is CC1CC(NC(=O)OC(C)(C)C)CCN1c1cnn(-c2ccccc2)c(=O)c1Cl. The molecule has 1 saturated heterocycles. The number of amides is 1. The molecule has 156 valence electrons. The van der Waals surface area contributed by atoms with Crippen LogP contribution in [0.5, 0.6) is 0 Å². The molecule has 0 aliphatic carbocycles. The zero-order chi connectivity index (χ0) is 21.2. The number of carbonyl (C=O) groups excluding carboxylic acids is 1. The Balaban J connectivity index is 1.72. The number of piperidine rings is 1. The second-order valence-electron chi connectivity index (χ2n) is 8.31. The lowest BCUT2D eigenvalue weighted by molar-refractivity contribution is 0.0494. The predicted molar refractivity (Wildman–Crippen MR) is 114 cm³/mol. The van der Waals surface area contributed by atoms with Crippen molar-refractivity contribution < 1.29 is 9.53 Å². The lowest BCUT2D eigenvalue weighted by atomic mass is 9.98. The van der Waals surface area contributed by atoms with E-state index in [9.17, 15) is 9.59 Å². The van der Waals surface area contributed by atoms with E-state index >= 15 is 0 Å². The molecule has 2 aromatic rings. The van der Waals surface area contributed by atoms with Crippen molar-refractivity contribution in [1.29, 1.82) is 0 Å². The molecular weight excluding hydrogens is 392 g/mol. The first-order valence-corrected chi connectivity index (χ1v) is 10.1. The summed E-state index contributed by atoms with van der Waals surface area (Å²) in [6.07, 6.45) is 2.67. The molecule has 29 heavy (non-hydrogen) atoms. The van der Waals surface area contributed by atoms with Gasteiger partial charge in [0.15, 0.2) is 0 Å². The van der Waals surface area contributed by atoms with Gasteiger partial charge in [-0.15, -0.1) is 0 Å². The number of halogens is 1. The lowest BCUT2D eigenvalue weighted by Gasteiger charge is -2.39. The van der Waals surface area contributed by atoms with Crippen LogP contribution in [0.2, 0.25) is 5.02 Å². The van der Waals surface area contributed by atoms with Crippen LogP contribution >= 0.6 is 11.6 Å². The summed E-state index contributed by atoms with van der Waals surface area (Å²) in [5.41, 5.74) is 0.404. The third-order valence-corrected chi connectivity index (χ3v) is 5.16. The van der Waals surface area contributed by atoms with Crippen molar-refractivity contribution in [1.82, 2.24) is 15.1 Å². The molecule has 2 atom stereocenters. The minimum absolute atomic E-state index is 0.00697. The van der Waals surface area contributed by atoms with Crippen molar-refractivity contribution in [3.63, 3.8) is 0 Å². The molecule has 8 heteroatoms. The molecule has 1 aliphatic rings. The van der Waals surface area contributed by atoms with E-state index in [2.05, 4.69) is 15.3 Å². The van der Waals surface area contributed by atoms with Crippen molar-refractivity contribution in [2.75, 3.05) is 11.4 Å². The number of ether oxygens (including phenoxy) is 1. The van der Waals surface area contributed by atoms with Gasteiger partial charge in [-0.3, -0.25) is 4.79 Å². The normalized spacial score (nSPS) is 19.7. The average molecular weight is 419 g/mol. The second-order valence-corrected chi connectivity index (χ2v) is 8.68. The fraction of sp³-hybridized carbons (Fsp3) is 0.476. The number of hydrogen-bond donors (Lipinski definition) is 1. The van der Waals surface area contributed by atoms with Crippen molar-refractivity contribution in [3.05, 3.63) is 51.9 Å². The monoisotopic (exact) mass is 418 g/mol. The number of para-hydroxylation sites is 1. The summed E-state index contributed by atoms with van der Waals surface area (Å²) in [6.45, 7) is 8.21. The Morgan fingerprint density at radius 3 is 2.59 bits per heavy atom. The molecule has 3 rings (SSSR count). The summed E-state index contributed by atoms with van der Waals surface area (Å²) >= 11 is 6.44. The highest BCUT2D eigenvalue weighted by Gasteiger charge is 2.30. The Labute approximate surface area is 175 Å². The van der Waals surface area contributed by atoms with Crippen LogP contribution < -0.4 is 15.8 Å². The minimum atomic E-state index is -0.529. The number of aromatic nitrogens is 2. The summed E-state index contributed by atoms with van der Waals surface area (Å²) < 4.78 is 6.64. The van der Waals surface area contributed by atoms with E-state index in [4.69, 9.17) is 16.3 Å². The van der Waals surface area contributed by atoms with Gasteiger partial charge in [-0.25, -0.2) is 4.79 Å². The van der Waals surface area contributed by atoms with Gasteiger partial charge >= 0.3 is 6.09 Å². The molecule has 1 aromatic heterocycles. The molecule has 1 aromatic carbocycles. The molecule has 2 unspecified atom stereocenters. The Morgan fingerprint density at radius 1 is 1.28 bits per heavy atom. The highest BCUT2D eigenvalue weighted by Crippen LogP contribution is 2.29. The molecule has 0 radical (unpaired) electrons. The molecule has 2 heterocycles. The van der Waals surface area contributed by atoms with Gasteiger partial charge in [-0.2, -0.15) is 9.78 Å². The maximum atomic E-state index is 12.8. The number of rotatable bonds is 3. The van der Waals surface area contributed by atoms with E-state index in [1.54, 1.807) is 18.3 Å². The Kier molecular flexibility index (Phi) is 6.17. The van der Waals surface area contributed by atoms with Gasteiger partial charge in [0, 0.05) is 18.6 Å². The molecular formula is C21H27ClN4O3.